The van der Waals surface area contributed by atoms with Crippen molar-refractivity contribution in [2.45, 2.75) is 6.42 Å². The van der Waals surface area contributed by atoms with Crippen LogP contribution in [0.4, 0.5) is 9.52 Å². The van der Waals surface area contributed by atoms with E-state index in [2.05, 4.69) is 10.3 Å². The first kappa shape index (κ1) is 16.1. The quantitative estimate of drug-likeness (QED) is 0.792. The average molecular weight is 343 g/mol. The van der Waals surface area contributed by atoms with E-state index in [4.69, 9.17) is 0 Å². The molecule has 1 N–H and O–H groups in total. The summed E-state index contributed by atoms with van der Waals surface area (Å²) in [6.07, 6.45) is 3.68. The Balaban J connectivity index is 1.70. The molecule has 0 spiro atoms. The minimum Gasteiger partial charge on any atom is -0.318 e. The molecule has 0 unspecified atom stereocenters. The number of hydrogen-bond acceptors (Lipinski definition) is 4. The summed E-state index contributed by atoms with van der Waals surface area (Å²) >= 11 is 1.33. The molecule has 2 aromatic heterocycles. The van der Waals surface area contributed by atoms with Gasteiger partial charge in [-0.05, 0) is 23.8 Å². The zero-order valence-corrected chi connectivity index (χ0v) is 13.6. The zero-order chi connectivity index (χ0) is 17.1. The third-order valence-electron chi connectivity index (χ3n) is 3.39. The van der Waals surface area contributed by atoms with Crippen LogP contribution in [0.15, 0.2) is 53.6 Å². The van der Waals surface area contributed by atoms with Crippen molar-refractivity contribution in [1.82, 2.24) is 9.55 Å². The topological polar surface area (TPSA) is 64.0 Å². The number of aryl methyl sites for hydroxylation is 1. The average Bonchev–Trinajstić information content (AvgIpc) is 2.97. The Kier molecular flexibility index (Phi) is 4.52. The smallest absolute Gasteiger partial charge is 0.258 e. The van der Waals surface area contributed by atoms with E-state index in [1.807, 2.05) is 6.07 Å². The first-order valence-corrected chi connectivity index (χ1v) is 8.00. The lowest BCUT2D eigenvalue weighted by Gasteiger charge is -2.03. The summed E-state index contributed by atoms with van der Waals surface area (Å²) in [7, 11) is 1.58. The van der Waals surface area contributed by atoms with Crippen LogP contribution in [0, 0.1) is 5.82 Å². The standard InChI is InChI=1S/C17H14FN3O2S/c1-21-10-12(5-6-15(21)22)16(23)20-17-19-9-14(24-17)8-11-3-2-4-13(18)7-11/h2-7,9-10H,8H2,1H3,(H,19,20,23). The van der Waals surface area contributed by atoms with E-state index in [-0.39, 0.29) is 17.3 Å². The Labute approximate surface area is 141 Å². The number of anilines is 1. The minimum absolute atomic E-state index is 0.182. The third kappa shape index (κ3) is 3.75. The number of carbonyl (C=O) groups is 1. The number of carbonyl (C=O) groups excluding carboxylic acids is 1. The maximum atomic E-state index is 13.2. The van der Waals surface area contributed by atoms with E-state index in [9.17, 15) is 14.0 Å². The van der Waals surface area contributed by atoms with Crippen LogP contribution < -0.4 is 10.9 Å². The van der Waals surface area contributed by atoms with Gasteiger partial charge in [-0.15, -0.1) is 11.3 Å². The van der Waals surface area contributed by atoms with Gasteiger partial charge in [0.15, 0.2) is 5.13 Å². The van der Waals surface area contributed by atoms with E-state index in [0.717, 1.165) is 10.4 Å². The maximum Gasteiger partial charge on any atom is 0.258 e. The van der Waals surface area contributed by atoms with Crippen LogP contribution in [-0.2, 0) is 13.5 Å². The number of rotatable bonds is 4. The van der Waals surface area contributed by atoms with Gasteiger partial charge in [0, 0.05) is 36.8 Å². The van der Waals surface area contributed by atoms with Crippen LogP contribution in [0.5, 0.6) is 0 Å². The number of aromatic nitrogens is 2. The van der Waals surface area contributed by atoms with Crippen LogP contribution in [-0.4, -0.2) is 15.5 Å². The molecule has 0 atom stereocenters. The molecule has 0 aliphatic rings. The number of benzene rings is 1. The van der Waals surface area contributed by atoms with E-state index in [0.29, 0.717) is 17.1 Å². The molecule has 5 nitrogen and oxygen atoms in total. The summed E-state index contributed by atoms with van der Waals surface area (Å²) in [4.78, 5) is 28.6. The van der Waals surface area contributed by atoms with E-state index in [1.54, 1.807) is 19.3 Å². The molecule has 7 heteroatoms. The van der Waals surface area contributed by atoms with Crippen LogP contribution in [0.25, 0.3) is 0 Å². The van der Waals surface area contributed by atoms with Crippen molar-refractivity contribution in [2.75, 3.05) is 5.32 Å². The second-order valence-corrected chi connectivity index (χ2v) is 6.37. The van der Waals surface area contributed by atoms with Crippen LogP contribution in [0.3, 0.4) is 0 Å². The molecular formula is C17H14FN3O2S. The van der Waals surface area contributed by atoms with Crippen LogP contribution >= 0.6 is 11.3 Å². The van der Waals surface area contributed by atoms with E-state index < -0.39 is 0 Å². The predicted molar refractivity (Wildman–Crippen MR) is 91.0 cm³/mol. The molecule has 0 saturated heterocycles. The van der Waals surface area contributed by atoms with Gasteiger partial charge in [0.2, 0.25) is 5.56 Å². The van der Waals surface area contributed by atoms with Crippen molar-refractivity contribution in [3.05, 3.63) is 81.0 Å². The van der Waals surface area contributed by atoms with Crippen LogP contribution in [0.1, 0.15) is 20.8 Å². The normalized spacial score (nSPS) is 10.6. The molecule has 0 saturated carbocycles. The predicted octanol–water partition coefficient (Wildman–Crippen LogP) is 2.82. The summed E-state index contributed by atoms with van der Waals surface area (Å²) < 4.78 is 14.5. The van der Waals surface area contributed by atoms with Gasteiger partial charge in [-0.3, -0.25) is 14.9 Å². The van der Waals surface area contributed by atoms with Crippen molar-refractivity contribution in [3.8, 4) is 0 Å². The van der Waals surface area contributed by atoms with Crippen molar-refractivity contribution < 1.29 is 9.18 Å². The maximum absolute atomic E-state index is 13.2. The van der Waals surface area contributed by atoms with Crippen molar-refractivity contribution in [2.24, 2.45) is 7.05 Å². The molecule has 24 heavy (non-hydrogen) atoms. The Morgan fingerprint density at radius 3 is 2.92 bits per heavy atom. The number of amides is 1. The highest BCUT2D eigenvalue weighted by Crippen LogP contribution is 2.22. The number of halogens is 1. The number of hydrogen-bond donors (Lipinski definition) is 1. The lowest BCUT2D eigenvalue weighted by atomic mass is 10.1. The third-order valence-corrected chi connectivity index (χ3v) is 4.30. The SMILES string of the molecule is Cn1cc(C(=O)Nc2ncc(Cc3cccc(F)c3)s2)ccc1=O. The Morgan fingerprint density at radius 2 is 2.17 bits per heavy atom. The van der Waals surface area contributed by atoms with Gasteiger partial charge in [-0.1, -0.05) is 12.1 Å². The molecule has 0 radical (unpaired) electrons. The van der Waals surface area contributed by atoms with Crippen molar-refractivity contribution in [3.63, 3.8) is 0 Å². The van der Waals surface area contributed by atoms with Crippen LogP contribution in [0.2, 0.25) is 0 Å². The lowest BCUT2D eigenvalue weighted by Crippen LogP contribution is -2.19. The molecule has 3 rings (SSSR count). The highest BCUT2D eigenvalue weighted by atomic mass is 32.1. The van der Waals surface area contributed by atoms with Gasteiger partial charge in [0.25, 0.3) is 5.91 Å². The second-order valence-electron chi connectivity index (χ2n) is 5.26. The summed E-state index contributed by atoms with van der Waals surface area (Å²) in [6, 6.07) is 9.18. The zero-order valence-electron chi connectivity index (χ0n) is 12.8. The molecule has 0 aliphatic heterocycles. The molecule has 122 valence electrons. The molecular weight excluding hydrogens is 329 g/mol. The highest BCUT2D eigenvalue weighted by Gasteiger charge is 2.10. The summed E-state index contributed by atoms with van der Waals surface area (Å²) in [5.74, 6) is -0.613. The summed E-state index contributed by atoms with van der Waals surface area (Å²) in [5, 5.41) is 3.16. The van der Waals surface area contributed by atoms with Crippen molar-refractivity contribution >= 4 is 22.4 Å². The molecule has 0 fully saturated rings. The summed E-state index contributed by atoms with van der Waals surface area (Å²) in [5.41, 5.74) is 1.03. The fraction of sp³-hybridized carbons (Fsp3) is 0.118. The largest absolute Gasteiger partial charge is 0.318 e. The van der Waals surface area contributed by atoms with Gasteiger partial charge in [0.05, 0.1) is 5.56 Å². The van der Waals surface area contributed by atoms with Gasteiger partial charge in [0.1, 0.15) is 5.82 Å². The first-order chi connectivity index (χ1) is 11.5. The Morgan fingerprint density at radius 1 is 1.33 bits per heavy atom. The monoisotopic (exact) mass is 343 g/mol. The summed E-state index contributed by atoms with van der Waals surface area (Å²) in [6.45, 7) is 0. The molecule has 1 amide bonds. The fourth-order valence-corrected chi connectivity index (χ4v) is 3.03. The Bertz CT molecular complexity index is 949. The second kappa shape index (κ2) is 6.76. The van der Waals surface area contributed by atoms with Gasteiger partial charge < -0.3 is 4.57 Å². The fourth-order valence-electron chi connectivity index (χ4n) is 2.19. The minimum atomic E-state index is -0.336. The van der Waals surface area contributed by atoms with E-state index in [1.165, 1.54) is 46.4 Å². The Hall–Kier alpha value is -2.80. The molecule has 0 bridgehead atoms. The highest BCUT2D eigenvalue weighted by molar-refractivity contribution is 7.15. The molecule has 3 aromatic rings. The number of pyridine rings is 1. The van der Waals surface area contributed by atoms with Gasteiger partial charge in [-0.2, -0.15) is 0 Å². The number of nitrogens with one attached hydrogen (secondary N) is 1. The van der Waals surface area contributed by atoms with Crippen molar-refractivity contribution in [1.29, 1.82) is 0 Å². The lowest BCUT2D eigenvalue weighted by molar-refractivity contribution is 0.102. The number of thiazole rings is 1. The molecule has 2 heterocycles. The first-order valence-electron chi connectivity index (χ1n) is 7.18. The molecule has 1 aromatic carbocycles. The van der Waals surface area contributed by atoms with Gasteiger partial charge >= 0.3 is 0 Å². The molecule has 0 aliphatic carbocycles. The number of nitrogens with zero attached hydrogens (tertiary/aromatic N) is 2. The van der Waals surface area contributed by atoms with E-state index >= 15 is 0 Å². The van der Waals surface area contributed by atoms with Gasteiger partial charge in [-0.25, -0.2) is 9.37 Å².